The van der Waals surface area contributed by atoms with E-state index in [0.717, 1.165) is 42.6 Å². The molecule has 5 rings (SSSR count). The van der Waals surface area contributed by atoms with Crippen molar-refractivity contribution in [2.24, 2.45) is 0 Å². The Morgan fingerprint density at radius 3 is 2.09 bits per heavy atom. The van der Waals surface area contributed by atoms with Gasteiger partial charge >= 0.3 is 0 Å². The number of nitrogens with zero attached hydrogens (tertiary/aromatic N) is 4. The number of amides is 1. The van der Waals surface area contributed by atoms with Crippen LogP contribution in [0.1, 0.15) is 64.2 Å². The predicted molar refractivity (Wildman–Crippen MR) is 137 cm³/mol. The summed E-state index contributed by atoms with van der Waals surface area (Å²) in [6, 6.07) is 7.45. The molecule has 5 nitrogen and oxygen atoms in total. The minimum Gasteiger partial charge on any atom is -0.346 e. The number of halogens is 1. The highest BCUT2D eigenvalue weighted by Gasteiger charge is 2.33. The second kappa shape index (κ2) is 11.2. The third kappa shape index (κ3) is 5.62. The number of rotatable bonds is 6. The molecule has 7 heteroatoms. The first-order chi connectivity index (χ1) is 16.7. The van der Waals surface area contributed by atoms with E-state index >= 15 is 0 Å². The number of piperazine rings is 1. The molecule has 184 valence electrons. The minimum atomic E-state index is -0.226. The van der Waals surface area contributed by atoms with E-state index in [0.29, 0.717) is 24.5 Å². The molecule has 2 aliphatic carbocycles. The van der Waals surface area contributed by atoms with Crippen LogP contribution in [0.2, 0.25) is 0 Å². The fourth-order valence-corrected chi connectivity index (χ4v) is 6.85. The van der Waals surface area contributed by atoms with Crippen LogP contribution in [0.4, 0.5) is 9.52 Å². The first-order valence-corrected chi connectivity index (χ1v) is 14.1. The van der Waals surface area contributed by atoms with Crippen molar-refractivity contribution in [3.63, 3.8) is 0 Å². The highest BCUT2D eigenvalue weighted by Crippen LogP contribution is 2.31. The Balaban J connectivity index is 1.17. The Bertz CT molecular complexity index is 910. The maximum Gasteiger partial charge on any atom is 0.237 e. The van der Waals surface area contributed by atoms with Gasteiger partial charge in [-0.2, -0.15) is 0 Å². The van der Waals surface area contributed by atoms with E-state index in [4.69, 9.17) is 4.98 Å². The van der Waals surface area contributed by atoms with Gasteiger partial charge in [0.05, 0.1) is 12.2 Å². The molecule has 2 saturated carbocycles. The molecular formula is C27H37FN4OS. The maximum absolute atomic E-state index is 13.6. The van der Waals surface area contributed by atoms with E-state index in [9.17, 15) is 9.18 Å². The summed E-state index contributed by atoms with van der Waals surface area (Å²) in [5, 5.41) is 3.06. The summed E-state index contributed by atoms with van der Waals surface area (Å²) >= 11 is 1.64. The SMILES string of the molecule is O=C(CN1CCN(c2nc(-c3ccc(F)cc3)cs2)CC1)N(C1CCCCC1)C1CCCCC1. The van der Waals surface area contributed by atoms with Gasteiger partial charge in [-0.15, -0.1) is 11.3 Å². The van der Waals surface area contributed by atoms with Crippen molar-refractivity contribution < 1.29 is 9.18 Å². The van der Waals surface area contributed by atoms with Crippen LogP contribution in [0.3, 0.4) is 0 Å². The summed E-state index contributed by atoms with van der Waals surface area (Å²) < 4.78 is 13.2. The van der Waals surface area contributed by atoms with Crippen molar-refractivity contribution in [1.82, 2.24) is 14.8 Å². The molecular weight excluding hydrogens is 447 g/mol. The molecule has 1 amide bonds. The topological polar surface area (TPSA) is 39.7 Å². The molecule has 34 heavy (non-hydrogen) atoms. The number of thiazole rings is 1. The lowest BCUT2D eigenvalue weighted by molar-refractivity contribution is -0.139. The third-order valence-electron chi connectivity index (χ3n) is 7.86. The van der Waals surface area contributed by atoms with Crippen LogP contribution in [0.25, 0.3) is 11.3 Å². The predicted octanol–water partition coefficient (Wildman–Crippen LogP) is 5.57. The average Bonchev–Trinajstić information content (AvgIpc) is 3.37. The fourth-order valence-electron chi connectivity index (χ4n) is 5.96. The Kier molecular flexibility index (Phi) is 7.80. The molecule has 1 aromatic heterocycles. The normalized spacial score (nSPS) is 21.0. The summed E-state index contributed by atoms with van der Waals surface area (Å²) in [7, 11) is 0. The Labute approximate surface area is 207 Å². The minimum absolute atomic E-state index is 0.226. The van der Waals surface area contributed by atoms with Gasteiger partial charge in [-0.05, 0) is 49.9 Å². The maximum atomic E-state index is 13.6. The van der Waals surface area contributed by atoms with Gasteiger partial charge in [-0.3, -0.25) is 9.69 Å². The van der Waals surface area contributed by atoms with Crippen molar-refractivity contribution in [3.8, 4) is 11.3 Å². The van der Waals surface area contributed by atoms with Gasteiger partial charge in [0.2, 0.25) is 5.91 Å². The first-order valence-electron chi connectivity index (χ1n) is 13.2. The van der Waals surface area contributed by atoms with Crippen molar-refractivity contribution >= 4 is 22.4 Å². The molecule has 0 radical (unpaired) electrons. The van der Waals surface area contributed by atoms with Gasteiger partial charge in [0.25, 0.3) is 0 Å². The van der Waals surface area contributed by atoms with Crippen LogP contribution in [0, 0.1) is 5.82 Å². The van der Waals surface area contributed by atoms with Crippen molar-refractivity contribution in [1.29, 1.82) is 0 Å². The largest absolute Gasteiger partial charge is 0.346 e. The second-order valence-corrected chi connectivity index (χ2v) is 11.0. The smallest absolute Gasteiger partial charge is 0.237 e. The lowest BCUT2D eigenvalue weighted by atomic mass is 9.88. The second-order valence-electron chi connectivity index (χ2n) is 10.2. The highest BCUT2D eigenvalue weighted by molar-refractivity contribution is 7.14. The number of carbonyl (C=O) groups is 1. The molecule has 0 N–H and O–H groups in total. The molecule has 3 aliphatic rings. The summed E-state index contributed by atoms with van der Waals surface area (Å²) in [5.41, 5.74) is 1.84. The van der Waals surface area contributed by atoms with Crippen LogP contribution >= 0.6 is 11.3 Å². The van der Waals surface area contributed by atoms with E-state index in [1.165, 1.54) is 76.3 Å². The number of hydrogen-bond donors (Lipinski definition) is 0. The van der Waals surface area contributed by atoms with Crippen LogP contribution < -0.4 is 4.90 Å². The standard InChI is InChI=1S/C27H37FN4OS/c28-22-13-11-21(12-14-22)25-20-34-27(29-25)31-17-15-30(16-18-31)19-26(33)32(23-7-3-1-4-8-23)24-9-5-2-6-10-24/h11-14,20,23-24H,1-10,15-19H2. The van der Waals surface area contributed by atoms with Crippen molar-refractivity contribution in [2.75, 3.05) is 37.6 Å². The molecule has 1 aromatic carbocycles. The van der Waals surface area contributed by atoms with E-state index in [1.807, 2.05) is 5.38 Å². The number of carbonyl (C=O) groups excluding carboxylic acids is 1. The molecule has 0 spiro atoms. The summed E-state index contributed by atoms with van der Waals surface area (Å²) in [4.78, 5) is 25.4. The molecule has 1 aliphatic heterocycles. The van der Waals surface area contributed by atoms with Crippen LogP contribution in [-0.4, -0.2) is 65.5 Å². The van der Waals surface area contributed by atoms with E-state index in [1.54, 1.807) is 23.5 Å². The average molecular weight is 485 g/mol. The first kappa shape index (κ1) is 23.7. The van der Waals surface area contributed by atoms with Crippen molar-refractivity contribution in [2.45, 2.75) is 76.3 Å². The molecule has 3 fully saturated rings. The lowest BCUT2D eigenvalue weighted by Crippen LogP contribution is -2.54. The van der Waals surface area contributed by atoms with Crippen LogP contribution in [0.5, 0.6) is 0 Å². The molecule has 0 atom stereocenters. The zero-order valence-electron chi connectivity index (χ0n) is 20.1. The van der Waals surface area contributed by atoms with Gasteiger partial charge in [0.15, 0.2) is 5.13 Å². The monoisotopic (exact) mass is 484 g/mol. The summed E-state index contributed by atoms with van der Waals surface area (Å²) in [5.74, 6) is 0.135. The van der Waals surface area contributed by atoms with Gasteiger partial charge in [0.1, 0.15) is 5.82 Å². The lowest BCUT2D eigenvalue weighted by Gasteiger charge is -2.43. The fraction of sp³-hybridized carbons (Fsp3) is 0.630. The zero-order valence-corrected chi connectivity index (χ0v) is 20.9. The van der Waals surface area contributed by atoms with Crippen LogP contribution in [0.15, 0.2) is 29.6 Å². The van der Waals surface area contributed by atoms with Gasteiger partial charge in [0, 0.05) is 49.2 Å². The molecule has 0 bridgehead atoms. The van der Waals surface area contributed by atoms with E-state index in [2.05, 4.69) is 14.7 Å². The zero-order chi connectivity index (χ0) is 23.3. The number of benzene rings is 1. The molecule has 2 aromatic rings. The number of aromatic nitrogens is 1. The highest BCUT2D eigenvalue weighted by atomic mass is 32.1. The molecule has 0 unspecified atom stereocenters. The van der Waals surface area contributed by atoms with E-state index < -0.39 is 0 Å². The third-order valence-corrected chi connectivity index (χ3v) is 8.76. The Hall–Kier alpha value is -1.99. The van der Waals surface area contributed by atoms with Crippen LogP contribution in [-0.2, 0) is 4.79 Å². The Morgan fingerprint density at radius 2 is 1.50 bits per heavy atom. The molecule has 2 heterocycles. The summed E-state index contributed by atoms with van der Waals surface area (Å²) in [6.45, 7) is 4.10. The number of hydrogen-bond acceptors (Lipinski definition) is 5. The van der Waals surface area contributed by atoms with Gasteiger partial charge in [-0.1, -0.05) is 38.5 Å². The number of anilines is 1. The summed E-state index contributed by atoms with van der Waals surface area (Å²) in [6.07, 6.45) is 12.5. The quantitative estimate of drug-likeness (QED) is 0.538. The van der Waals surface area contributed by atoms with Gasteiger partial charge < -0.3 is 9.80 Å². The Morgan fingerprint density at radius 1 is 0.912 bits per heavy atom. The van der Waals surface area contributed by atoms with Gasteiger partial charge in [-0.25, -0.2) is 9.37 Å². The van der Waals surface area contributed by atoms with E-state index in [-0.39, 0.29) is 5.82 Å². The molecule has 1 saturated heterocycles. The van der Waals surface area contributed by atoms with Crippen molar-refractivity contribution in [3.05, 3.63) is 35.5 Å².